The number of fused-ring (bicyclic) bond motifs is 2. The lowest BCUT2D eigenvalue weighted by Gasteiger charge is -2.30. The van der Waals surface area contributed by atoms with Crippen molar-refractivity contribution in [2.75, 3.05) is 27.4 Å². The van der Waals surface area contributed by atoms with E-state index in [4.69, 9.17) is 14.2 Å². The molecule has 0 aromatic carbocycles. The summed E-state index contributed by atoms with van der Waals surface area (Å²) in [5.41, 5.74) is -0.256. The van der Waals surface area contributed by atoms with Crippen LogP contribution in [0.15, 0.2) is 0 Å². The van der Waals surface area contributed by atoms with Crippen LogP contribution in [-0.4, -0.2) is 51.2 Å². The first-order valence-electron chi connectivity index (χ1n) is 4.66. The van der Waals surface area contributed by atoms with Gasteiger partial charge in [-0.1, -0.05) is 0 Å². The highest BCUT2D eigenvalue weighted by Gasteiger charge is 2.59. The minimum Gasteiger partial charge on any atom is -0.382 e. The van der Waals surface area contributed by atoms with Gasteiger partial charge in [0.25, 0.3) is 0 Å². The molecule has 76 valence electrons. The first-order valence-corrected chi connectivity index (χ1v) is 4.66. The molecule has 2 bridgehead atoms. The van der Waals surface area contributed by atoms with Crippen LogP contribution in [0.4, 0.5) is 0 Å². The fourth-order valence-electron chi connectivity index (χ4n) is 2.56. The molecule has 13 heavy (non-hydrogen) atoms. The van der Waals surface area contributed by atoms with Crippen molar-refractivity contribution >= 4 is 0 Å². The maximum absolute atomic E-state index is 5.88. The van der Waals surface area contributed by atoms with E-state index in [1.807, 2.05) is 0 Å². The summed E-state index contributed by atoms with van der Waals surface area (Å²) in [6.07, 6.45) is 0.344. The highest BCUT2D eigenvalue weighted by molar-refractivity contribution is 5.12. The highest BCUT2D eigenvalue weighted by atomic mass is 16.6. The number of methoxy groups -OCH3 is 2. The first kappa shape index (κ1) is 9.40. The Morgan fingerprint density at radius 1 is 1.54 bits per heavy atom. The standard InChI is InChI=1S/C9H17NO3/c1-6-7-8(12-3)9(13-6,4-10-7)5-11-2/h6-8,10H,4-5H2,1-3H3/t6-,7+,8-,9+/m0/s1. The van der Waals surface area contributed by atoms with E-state index in [0.29, 0.717) is 12.6 Å². The lowest BCUT2D eigenvalue weighted by atomic mass is 9.99. The Morgan fingerprint density at radius 2 is 2.31 bits per heavy atom. The molecule has 4 heteroatoms. The maximum atomic E-state index is 5.88. The zero-order valence-corrected chi connectivity index (χ0v) is 8.37. The van der Waals surface area contributed by atoms with Crippen LogP contribution in [0.2, 0.25) is 0 Å². The largest absolute Gasteiger partial charge is 0.382 e. The molecule has 2 heterocycles. The second-order valence-electron chi connectivity index (χ2n) is 3.88. The van der Waals surface area contributed by atoms with E-state index in [-0.39, 0.29) is 17.8 Å². The van der Waals surface area contributed by atoms with Gasteiger partial charge in [0.15, 0.2) is 0 Å². The van der Waals surface area contributed by atoms with Crippen molar-refractivity contribution in [3.05, 3.63) is 0 Å². The van der Waals surface area contributed by atoms with Crippen molar-refractivity contribution in [2.45, 2.75) is 30.8 Å². The number of hydrogen-bond donors (Lipinski definition) is 1. The Bertz CT molecular complexity index is 199. The zero-order chi connectivity index (χ0) is 9.47. The van der Waals surface area contributed by atoms with Gasteiger partial charge in [-0.25, -0.2) is 0 Å². The Hall–Kier alpha value is -0.160. The molecule has 0 spiro atoms. The molecule has 0 aromatic rings. The van der Waals surface area contributed by atoms with Crippen molar-refractivity contribution in [1.82, 2.24) is 5.32 Å². The molecule has 0 unspecified atom stereocenters. The van der Waals surface area contributed by atoms with E-state index in [1.54, 1.807) is 14.2 Å². The molecule has 4 atom stereocenters. The van der Waals surface area contributed by atoms with Gasteiger partial charge in [-0.05, 0) is 6.92 Å². The van der Waals surface area contributed by atoms with Gasteiger partial charge in [0.1, 0.15) is 11.7 Å². The fraction of sp³-hybridized carbons (Fsp3) is 1.00. The molecular formula is C9H17NO3. The number of ether oxygens (including phenoxy) is 3. The van der Waals surface area contributed by atoms with Gasteiger partial charge in [0.05, 0.1) is 18.8 Å². The second kappa shape index (κ2) is 3.20. The smallest absolute Gasteiger partial charge is 0.132 e. The third-order valence-electron chi connectivity index (χ3n) is 3.05. The van der Waals surface area contributed by atoms with Crippen LogP contribution in [0.5, 0.6) is 0 Å². The Morgan fingerprint density at radius 3 is 2.85 bits per heavy atom. The molecule has 1 N–H and O–H groups in total. The first-order chi connectivity index (χ1) is 6.23. The van der Waals surface area contributed by atoms with Gasteiger partial charge < -0.3 is 19.5 Å². The predicted molar refractivity (Wildman–Crippen MR) is 47.7 cm³/mol. The summed E-state index contributed by atoms with van der Waals surface area (Å²) in [5.74, 6) is 0. The molecule has 2 aliphatic heterocycles. The monoisotopic (exact) mass is 187 g/mol. The number of nitrogens with one attached hydrogen (secondary N) is 1. The maximum Gasteiger partial charge on any atom is 0.132 e. The quantitative estimate of drug-likeness (QED) is 0.663. The molecule has 2 rings (SSSR count). The summed E-state index contributed by atoms with van der Waals surface area (Å²) >= 11 is 0. The van der Waals surface area contributed by atoms with E-state index in [9.17, 15) is 0 Å². The van der Waals surface area contributed by atoms with Gasteiger partial charge in [0.2, 0.25) is 0 Å². The van der Waals surface area contributed by atoms with Crippen LogP contribution >= 0.6 is 0 Å². The molecule has 2 saturated heterocycles. The minimum absolute atomic E-state index is 0.127. The zero-order valence-electron chi connectivity index (χ0n) is 8.37. The Balaban J connectivity index is 2.17. The second-order valence-corrected chi connectivity index (χ2v) is 3.88. The minimum atomic E-state index is -0.256. The molecule has 0 radical (unpaired) electrons. The lowest BCUT2D eigenvalue weighted by molar-refractivity contribution is -0.118. The van der Waals surface area contributed by atoms with Crippen LogP contribution in [0.3, 0.4) is 0 Å². The van der Waals surface area contributed by atoms with E-state index >= 15 is 0 Å². The average molecular weight is 187 g/mol. The number of hydrogen-bond acceptors (Lipinski definition) is 4. The van der Waals surface area contributed by atoms with Crippen LogP contribution in [0.1, 0.15) is 6.92 Å². The molecule has 2 fully saturated rings. The Kier molecular flexibility index (Phi) is 2.32. The summed E-state index contributed by atoms with van der Waals surface area (Å²) in [6, 6.07) is 0.320. The van der Waals surface area contributed by atoms with Crippen LogP contribution in [0.25, 0.3) is 0 Å². The van der Waals surface area contributed by atoms with Gasteiger partial charge in [0, 0.05) is 20.8 Å². The van der Waals surface area contributed by atoms with Crippen molar-refractivity contribution in [3.63, 3.8) is 0 Å². The highest BCUT2D eigenvalue weighted by Crippen LogP contribution is 2.37. The van der Waals surface area contributed by atoms with Crippen molar-refractivity contribution < 1.29 is 14.2 Å². The topological polar surface area (TPSA) is 39.7 Å². The summed E-state index contributed by atoms with van der Waals surface area (Å²) < 4.78 is 16.5. The number of rotatable bonds is 3. The van der Waals surface area contributed by atoms with Crippen LogP contribution in [0, 0.1) is 0 Å². The normalized spacial score (nSPS) is 48.7. The van der Waals surface area contributed by atoms with Crippen molar-refractivity contribution in [2.24, 2.45) is 0 Å². The molecule has 0 saturated carbocycles. The van der Waals surface area contributed by atoms with Gasteiger partial charge in [-0.2, -0.15) is 0 Å². The molecular weight excluding hydrogens is 170 g/mol. The van der Waals surface area contributed by atoms with Gasteiger partial charge in [-0.15, -0.1) is 0 Å². The molecule has 0 aromatic heterocycles. The van der Waals surface area contributed by atoms with E-state index in [0.717, 1.165) is 6.54 Å². The van der Waals surface area contributed by atoms with Crippen molar-refractivity contribution in [3.8, 4) is 0 Å². The summed E-state index contributed by atoms with van der Waals surface area (Å²) in [5, 5.41) is 3.40. The SMILES string of the molecule is COC[C@@]12CN[C@H]([C@H](C)O1)[C@@H]2OC. The molecule has 0 amide bonds. The lowest BCUT2D eigenvalue weighted by Crippen LogP contribution is -2.47. The van der Waals surface area contributed by atoms with Crippen LogP contribution < -0.4 is 5.32 Å². The predicted octanol–water partition coefficient (Wildman–Crippen LogP) is -0.223. The van der Waals surface area contributed by atoms with Gasteiger partial charge in [-0.3, -0.25) is 0 Å². The fourth-order valence-corrected chi connectivity index (χ4v) is 2.56. The van der Waals surface area contributed by atoms with Crippen LogP contribution in [-0.2, 0) is 14.2 Å². The molecule has 4 nitrogen and oxygen atoms in total. The Labute approximate surface area is 78.5 Å². The van der Waals surface area contributed by atoms with E-state index in [2.05, 4.69) is 12.2 Å². The van der Waals surface area contributed by atoms with E-state index in [1.165, 1.54) is 0 Å². The number of morpholine rings is 1. The van der Waals surface area contributed by atoms with Crippen molar-refractivity contribution in [1.29, 1.82) is 0 Å². The summed E-state index contributed by atoms with van der Waals surface area (Å²) in [6.45, 7) is 3.49. The summed E-state index contributed by atoms with van der Waals surface area (Å²) in [7, 11) is 3.43. The van der Waals surface area contributed by atoms with Gasteiger partial charge >= 0.3 is 0 Å². The van der Waals surface area contributed by atoms with E-state index < -0.39 is 0 Å². The molecule has 2 aliphatic rings. The summed E-state index contributed by atoms with van der Waals surface area (Å²) in [4.78, 5) is 0. The third-order valence-corrected chi connectivity index (χ3v) is 3.05. The molecule has 0 aliphatic carbocycles. The average Bonchev–Trinajstić information content (AvgIpc) is 2.55. The third kappa shape index (κ3) is 1.21.